The highest BCUT2D eigenvalue weighted by Gasteiger charge is 2.36. The lowest BCUT2D eigenvalue weighted by atomic mass is 10.3. The Hall–Kier alpha value is -1.04. The molecule has 2 unspecified atom stereocenters. The first kappa shape index (κ1) is 22.6. The summed E-state index contributed by atoms with van der Waals surface area (Å²) >= 11 is 3.37. The topological polar surface area (TPSA) is 82.2 Å². The molecule has 1 N–H and O–H groups in total. The van der Waals surface area contributed by atoms with Crippen LogP contribution < -0.4 is 5.32 Å². The second kappa shape index (κ2) is 9.84. The number of carbonyl (C=O) groups excluding carboxylic acids is 1. The molecule has 0 radical (unpaired) electrons. The van der Waals surface area contributed by atoms with Crippen molar-refractivity contribution in [1.29, 1.82) is 0 Å². The third kappa shape index (κ3) is 6.22. The van der Waals surface area contributed by atoms with Crippen LogP contribution in [0.3, 0.4) is 0 Å². The Morgan fingerprint density at radius 3 is 2.24 bits per heavy atom. The minimum Gasteiger partial charge on any atom is -0.373 e. The van der Waals surface area contributed by atoms with Crippen LogP contribution in [-0.2, 0) is 19.7 Å². The number of piperazine rings is 1. The maximum absolute atomic E-state index is 12.9. The molecule has 0 bridgehead atoms. The van der Waals surface area contributed by atoms with E-state index >= 15 is 0 Å². The Morgan fingerprint density at radius 1 is 1.07 bits per heavy atom. The van der Waals surface area contributed by atoms with Gasteiger partial charge in [0.25, 0.3) is 10.2 Å². The van der Waals surface area contributed by atoms with Gasteiger partial charge in [0.1, 0.15) is 0 Å². The van der Waals surface area contributed by atoms with E-state index in [4.69, 9.17) is 4.74 Å². The molecule has 10 heteroatoms. The molecule has 1 aromatic carbocycles. The average Bonchev–Trinajstić information content (AvgIpc) is 2.68. The SMILES string of the molecule is CC1CN(S(=O)(=O)N2CCN(CCC(=O)Nc3ccc(Br)cc3)CC2)CC(C)O1. The van der Waals surface area contributed by atoms with Gasteiger partial charge in [-0.15, -0.1) is 0 Å². The number of amides is 1. The van der Waals surface area contributed by atoms with Crippen molar-refractivity contribution in [1.82, 2.24) is 13.5 Å². The number of anilines is 1. The fourth-order valence-electron chi connectivity index (χ4n) is 3.68. The van der Waals surface area contributed by atoms with Crippen LogP contribution in [0.15, 0.2) is 28.7 Å². The van der Waals surface area contributed by atoms with E-state index in [-0.39, 0.29) is 18.1 Å². The van der Waals surface area contributed by atoms with Crippen molar-refractivity contribution in [3.63, 3.8) is 0 Å². The second-order valence-electron chi connectivity index (χ2n) is 7.63. The van der Waals surface area contributed by atoms with E-state index < -0.39 is 10.2 Å². The van der Waals surface area contributed by atoms with Gasteiger partial charge in [0.05, 0.1) is 12.2 Å². The summed E-state index contributed by atoms with van der Waals surface area (Å²) in [5, 5.41) is 2.88. The van der Waals surface area contributed by atoms with Crippen molar-refractivity contribution in [2.45, 2.75) is 32.5 Å². The van der Waals surface area contributed by atoms with E-state index in [1.165, 1.54) is 4.31 Å². The van der Waals surface area contributed by atoms with Crippen LogP contribution in [0.4, 0.5) is 5.69 Å². The number of morpholine rings is 1. The Bertz CT molecular complexity index is 787. The van der Waals surface area contributed by atoms with Crippen molar-refractivity contribution in [3.8, 4) is 0 Å². The predicted octanol–water partition coefficient (Wildman–Crippen LogP) is 1.75. The molecule has 162 valence electrons. The normalized spacial score (nSPS) is 25.1. The van der Waals surface area contributed by atoms with Crippen LogP contribution in [0.1, 0.15) is 20.3 Å². The fraction of sp³-hybridized carbons (Fsp3) is 0.632. The summed E-state index contributed by atoms with van der Waals surface area (Å²) in [4.78, 5) is 14.3. The zero-order valence-electron chi connectivity index (χ0n) is 16.9. The van der Waals surface area contributed by atoms with Gasteiger partial charge in [0.2, 0.25) is 5.91 Å². The number of nitrogens with one attached hydrogen (secondary N) is 1. The standard InChI is InChI=1S/C19H29BrN4O4S/c1-15-13-24(14-16(2)28-15)29(26,27)23-11-9-22(10-12-23)8-7-19(25)21-18-5-3-17(20)4-6-18/h3-6,15-16H,7-14H2,1-2H3,(H,21,25). The van der Waals surface area contributed by atoms with Crippen LogP contribution >= 0.6 is 15.9 Å². The van der Waals surface area contributed by atoms with E-state index in [2.05, 4.69) is 26.1 Å². The average molecular weight is 489 g/mol. The van der Waals surface area contributed by atoms with E-state index in [1.807, 2.05) is 38.1 Å². The molecule has 0 aromatic heterocycles. The number of hydrogen-bond donors (Lipinski definition) is 1. The maximum atomic E-state index is 12.9. The zero-order chi connectivity index (χ0) is 21.0. The summed E-state index contributed by atoms with van der Waals surface area (Å²) in [6, 6.07) is 7.45. The third-order valence-electron chi connectivity index (χ3n) is 5.15. The van der Waals surface area contributed by atoms with E-state index in [0.29, 0.717) is 52.2 Å². The van der Waals surface area contributed by atoms with Gasteiger partial charge in [-0.2, -0.15) is 17.0 Å². The molecule has 1 amide bonds. The number of carbonyl (C=O) groups is 1. The smallest absolute Gasteiger partial charge is 0.282 e. The second-order valence-corrected chi connectivity index (χ2v) is 10.5. The highest BCUT2D eigenvalue weighted by molar-refractivity contribution is 9.10. The molecule has 0 spiro atoms. The van der Waals surface area contributed by atoms with Gasteiger partial charge in [-0.3, -0.25) is 4.79 Å². The van der Waals surface area contributed by atoms with Crippen molar-refractivity contribution in [2.24, 2.45) is 0 Å². The molecule has 2 fully saturated rings. The lowest BCUT2D eigenvalue weighted by Gasteiger charge is -2.40. The van der Waals surface area contributed by atoms with Crippen molar-refractivity contribution in [2.75, 3.05) is 51.1 Å². The number of ether oxygens (including phenoxy) is 1. The fourth-order valence-corrected chi connectivity index (χ4v) is 5.69. The number of halogens is 1. The summed E-state index contributed by atoms with van der Waals surface area (Å²) in [6.07, 6.45) is 0.180. The molecular weight excluding hydrogens is 460 g/mol. The highest BCUT2D eigenvalue weighted by Crippen LogP contribution is 2.19. The van der Waals surface area contributed by atoms with Crippen LogP contribution in [0, 0.1) is 0 Å². The van der Waals surface area contributed by atoms with Crippen molar-refractivity contribution >= 4 is 37.7 Å². The summed E-state index contributed by atoms with van der Waals surface area (Å²) in [5.74, 6) is -0.0429. The quantitative estimate of drug-likeness (QED) is 0.659. The minimum absolute atomic E-state index is 0.0429. The molecule has 2 atom stereocenters. The largest absolute Gasteiger partial charge is 0.373 e. The third-order valence-corrected chi connectivity index (χ3v) is 7.65. The van der Waals surface area contributed by atoms with Gasteiger partial charge in [-0.05, 0) is 38.1 Å². The maximum Gasteiger partial charge on any atom is 0.282 e. The number of benzene rings is 1. The molecule has 3 rings (SSSR count). The molecule has 29 heavy (non-hydrogen) atoms. The van der Waals surface area contributed by atoms with Crippen molar-refractivity contribution in [3.05, 3.63) is 28.7 Å². The molecular formula is C19H29BrN4O4S. The molecule has 0 saturated carbocycles. The van der Waals surface area contributed by atoms with E-state index in [1.54, 1.807) is 4.31 Å². The summed E-state index contributed by atoms with van der Waals surface area (Å²) < 4.78 is 35.6. The molecule has 8 nitrogen and oxygen atoms in total. The van der Waals surface area contributed by atoms with Crippen molar-refractivity contribution < 1.29 is 17.9 Å². The number of hydrogen-bond acceptors (Lipinski definition) is 5. The van der Waals surface area contributed by atoms with E-state index in [0.717, 1.165) is 10.2 Å². The number of nitrogens with zero attached hydrogens (tertiary/aromatic N) is 3. The van der Waals surface area contributed by atoms with Gasteiger partial charge in [0.15, 0.2) is 0 Å². The predicted molar refractivity (Wildman–Crippen MR) is 116 cm³/mol. The number of rotatable bonds is 6. The lowest BCUT2D eigenvalue weighted by Crippen LogP contribution is -2.57. The van der Waals surface area contributed by atoms with Gasteiger partial charge in [-0.25, -0.2) is 0 Å². The van der Waals surface area contributed by atoms with E-state index in [9.17, 15) is 13.2 Å². The highest BCUT2D eigenvalue weighted by atomic mass is 79.9. The van der Waals surface area contributed by atoms with Crippen LogP contribution in [0.2, 0.25) is 0 Å². The van der Waals surface area contributed by atoms with Crippen LogP contribution in [-0.4, -0.2) is 85.9 Å². The van der Waals surface area contributed by atoms with Crippen LogP contribution in [0.5, 0.6) is 0 Å². The zero-order valence-corrected chi connectivity index (χ0v) is 19.3. The Labute approximate surface area is 181 Å². The van der Waals surface area contributed by atoms with Gasteiger partial charge < -0.3 is 15.0 Å². The molecule has 2 aliphatic rings. The summed E-state index contributed by atoms with van der Waals surface area (Å²) in [7, 11) is -3.47. The van der Waals surface area contributed by atoms with Crippen LogP contribution in [0.25, 0.3) is 0 Å². The minimum atomic E-state index is -3.47. The first-order valence-electron chi connectivity index (χ1n) is 9.92. The molecule has 0 aliphatic carbocycles. The monoisotopic (exact) mass is 488 g/mol. The molecule has 2 aliphatic heterocycles. The summed E-state index contributed by atoms with van der Waals surface area (Å²) in [5.41, 5.74) is 0.767. The van der Waals surface area contributed by atoms with Gasteiger partial charge in [-0.1, -0.05) is 15.9 Å². The molecule has 2 heterocycles. The Balaban J connectivity index is 1.44. The molecule has 1 aromatic rings. The Kier molecular flexibility index (Phi) is 7.69. The first-order chi connectivity index (χ1) is 13.7. The Morgan fingerprint density at radius 2 is 1.66 bits per heavy atom. The van der Waals surface area contributed by atoms with Gasteiger partial charge >= 0.3 is 0 Å². The lowest BCUT2D eigenvalue weighted by molar-refractivity contribution is -0.116. The summed E-state index contributed by atoms with van der Waals surface area (Å²) in [6.45, 7) is 7.33. The molecule has 2 saturated heterocycles. The first-order valence-corrected chi connectivity index (χ1v) is 12.1. The van der Waals surface area contributed by atoms with Gasteiger partial charge in [0, 0.05) is 62.4 Å².